The maximum Gasteiger partial charge on any atom is 0.322 e. The van der Waals surface area contributed by atoms with Gasteiger partial charge in [0.25, 0.3) is 0 Å². The van der Waals surface area contributed by atoms with E-state index in [1.165, 1.54) is 28.6 Å². The van der Waals surface area contributed by atoms with E-state index in [1.807, 2.05) is 12.1 Å². The fourth-order valence-electron chi connectivity index (χ4n) is 1.16. The first-order valence-corrected chi connectivity index (χ1v) is 5.12. The van der Waals surface area contributed by atoms with Crippen molar-refractivity contribution in [3.8, 4) is 0 Å². The standard InChI is InChI=1S/C10H14N2OS/c1-6-4-9(14-12-10(11)13)5-7(2)8(6)3/h4-5H,1-3H3,(H3,11,12,13). The molecule has 0 fully saturated rings. The third-order valence-electron chi connectivity index (χ3n) is 2.17. The van der Waals surface area contributed by atoms with E-state index in [4.69, 9.17) is 5.73 Å². The van der Waals surface area contributed by atoms with Gasteiger partial charge < -0.3 is 5.73 Å². The number of carbonyl (C=O) groups excluding carboxylic acids is 1. The zero-order valence-corrected chi connectivity index (χ0v) is 9.37. The van der Waals surface area contributed by atoms with Gasteiger partial charge in [-0.15, -0.1) is 0 Å². The monoisotopic (exact) mass is 210 g/mol. The Bertz CT molecular complexity index is 340. The molecule has 0 saturated carbocycles. The molecule has 0 bridgehead atoms. The van der Waals surface area contributed by atoms with E-state index in [2.05, 4.69) is 25.5 Å². The topological polar surface area (TPSA) is 55.1 Å². The van der Waals surface area contributed by atoms with Gasteiger partial charge >= 0.3 is 6.03 Å². The van der Waals surface area contributed by atoms with Crippen molar-refractivity contribution in [3.05, 3.63) is 28.8 Å². The van der Waals surface area contributed by atoms with Crippen LogP contribution in [-0.4, -0.2) is 6.03 Å². The fourth-order valence-corrected chi connectivity index (χ4v) is 1.85. The van der Waals surface area contributed by atoms with Crippen LogP contribution in [0.5, 0.6) is 0 Å². The van der Waals surface area contributed by atoms with Gasteiger partial charge in [-0.1, -0.05) is 0 Å². The molecule has 0 spiro atoms. The molecule has 1 aromatic rings. The van der Waals surface area contributed by atoms with Crippen molar-refractivity contribution in [2.45, 2.75) is 25.7 Å². The Morgan fingerprint density at radius 1 is 1.29 bits per heavy atom. The number of hydrogen-bond acceptors (Lipinski definition) is 2. The van der Waals surface area contributed by atoms with Crippen molar-refractivity contribution in [1.29, 1.82) is 0 Å². The van der Waals surface area contributed by atoms with Crippen LogP contribution in [0.15, 0.2) is 17.0 Å². The van der Waals surface area contributed by atoms with Crippen molar-refractivity contribution in [3.63, 3.8) is 0 Å². The number of aryl methyl sites for hydroxylation is 2. The highest BCUT2D eigenvalue weighted by atomic mass is 32.2. The first kappa shape index (κ1) is 10.9. The van der Waals surface area contributed by atoms with Crippen LogP contribution in [0.25, 0.3) is 0 Å². The quantitative estimate of drug-likeness (QED) is 0.736. The highest BCUT2D eigenvalue weighted by Gasteiger charge is 2.02. The average molecular weight is 210 g/mol. The second kappa shape index (κ2) is 4.37. The molecule has 0 saturated heterocycles. The van der Waals surface area contributed by atoms with E-state index in [9.17, 15) is 4.79 Å². The zero-order valence-electron chi connectivity index (χ0n) is 8.55. The van der Waals surface area contributed by atoms with Crippen molar-refractivity contribution in [1.82, 2.24) is 4.72 Å². The maximum absolute atomic E-state index is 10.5. The van der Waals surface area contributed by atoms with E-state index in [0.717, 1.165) is 4.90 Å². The van der Waals surface area contributed by atoms with Crippen molar-refractivity contribution < 1.29 is 4.79 Å². The second-order valence-electron chi connectivity index (χ2n) is 3.25. The van der Waals surface area contributed by atoms with Crippen molar-refractivity contribution in [2.24, 2.45) is 5.73 Å². The smallest absolute Gasteiger partial charge is 0.322 e. The Morgan fingerprint density at radius 3 is 2.21 bits per heavy atom. The highest BCUT2D eigenvalue weighted by molar-refractivity contribution is 7.98. The van der Waals surface area contributed by atoms with Crippen LogP contribution in [0.1, 0.15) is 16.7 Å². The predicted molar refractivity (Wildman–Crippen MR) is 59.2 cm³/mol. The Morgan fingerprint density at radius 2 is 1.79 bits per heavy atom. The molecule has 0 unspecified atom stereocenters. The van der Waals surface area contributed by atoms with Crippen molar-refractivity contribution >= 4 is 18.0 Å². The summed E-state index contributed by atoms with van der Waals surface area (Å²) in [7, 11) is 0. The van der Waals surface area contributed by atoms with Gasteiger partial charge in [0.05, 0.1) is 0 Å². The molecule has 0 heterocycles. The number of primary amides is 1. The highest BCUT2D eigenvalue weighted by Crippen LogP contribution is 2.21. The summed E-state index contributed by atoms with van der Waals surface area (Å²) in [5, 5.41) is 0. The normalized spacial score (nSPS) is 9.93. The second-order valence-corrected chi connectivity index (χ2v) is 4.13. The zero-order chi connectivity index (χ0) is 10.7. The van der Waals surface area contributed by atoms with Crippen LogP contribution in [0.2, 0.25) is 0 Å². The summed E-state index contributed by atoms with van der Waals surface area (Å²) in [4.78, 5) is 11.5. The lowest BCUT2D eigenvalue weighted by molar-refractivity contribution is 0.254. The number of carbonyl (C=O) groups is 1. The van der Waals surface area contributed by atoms with Gasteiger partial charge in [0.2, 0.25) is 0 Å². The Balaban J connectivity index is 2.84. The third kappa shape index (κ3) is 2.67. The third-order valence-corrected chi connectivity index (χ3v) is 2.94. The summed E-state index contributed by atoms with van der Waals surface area (Å²) in [6.07, 6.45) is 0. The summed E-state index contributed by atoms with van der Waals surface area (Å²) < 4.78 is 2.49. The number of amides is 2. The first-order valence-electron chi connectivity index (χ1n) is 4.31. The van der Waals surface area contributed by atoms with Crippen molar-refractivity contribution in [2.75, 3.05) is 0 Å². The molecule has 0 aromatic heterocycles. The molecule has 3 N–H and O–H groups in total. The summed E-state index contributed by atoms with van der Waals surface area (Å²) in [5.74, 6) is 0. The minimum absolute atomic E-state index is 0.522. The maximum atomic E-state index is 10.5. The molecule has 14 heavy (non-hydrogen) atoms. The largest absolute Gasteiger partial charge is 0.351 e. The fraction of sp³-hybridized carbons (Fsp3) is 0.300. The van der Waals surface area contributed by atoms with E-state index in [-0.39, 0.29) is 0 Å². The molecule has 2 amide bonds. The number of hydrogen-bond donors (Lipinski definition) is 2. The van der Waals surface area contributed by atoms with Gasteiger partial charge in [0.15, 0.2) is 0 Å². The molecule has 1 rings (SSSR count). The molecule has 1 aromatic carbocycles. The van der Waals surface area contributed by atoms with E-state index in [1.54, 1.807) is 0 Å². The van der Waals surface area contributed by atoms with Crippen LogP contribution < -0.4 is 10.5 Å². The van der Waals surface area contributed by atoms with Crippen LogP contribution in [0.4, 0.5) is 4.79 Å². The van der Waals surface area contributed by atoms with Crippen LogP contribution >= 0.6 is 11.9 Å². The molecule has 0 atom stereocenters. The Kier molecular flexibility index (Phi) is 3.41. The SMILES string of the molecule is Cc1cc(SNC(N)=O)cc(C)c1C. The molecule has 0 aliphatic carbocycles. The molecule has 3 nitrogen and oxygen atoms in total. The average Bonchev–Trinajstić information content (AvgIpc) is 2.10. The summed E-state index contributed by atoms with van der Waals surface area (Å²) >= 11 is 1.24. The number of urea groups is 1. The van der Waals surface area contributed by atoms with Gasteiger partial charge in [0.1, 0.15) is 0 Å². The molecule has 0 radical (unpaired) electrons. The molecule has 0 aliphatic heterocycles. The van der Waals surface area contributed by atoms with Gasteiger partial charge in [-0.2, -0.15) is 0 Å². The minimum atomic E-state index is -0.522. The lowest BCUT2D eigenvalue weighted by Crippen LogP contribution is -2.22. The lowest BCUT2D eigenvalue weighted by Gasteiger charge is -2.08. The summed E-state index contributed by atoms with van der Waals surface area (Å²) in [6.45, 7) is 6.19. The first-order chi connectivity index (χ1) is 6.50. The molecule has 76 valence electrons. The van der Waals surface area contributed by atoms with Crippen LogP contribution in [0.3, 0.4) is 0 Å². The summed E-state index contributed by atoms with van der Waals surface area (Å²) in [6, 6.07) is 3.54. The minimum Gasteiger partial charge on any atom is -0.351 e. The van der Waals surface area contributed by atoms with Gasteiger partial charge in [0, 0.05) is 4.90 Å². The molecular formula is C10H14N2OS. The number of rotatable bonds is 2. The van der Waals surface area contributed by atoms with Crippen LogP contribution in [-0.2, 0) is 0 Å². The van der Waals surface area contributed by atoms with Gasteiger partial charge in [-0.25, -0.2) is 4.79 Å². The van der Waals surface area contributed by atoms with E-state index in [0.29, 0.717) is 0 Å². The number of nitrogens with two attached hydrogens (primary N) is 1. The summed E-state index contributed by atoms with van der Waals surface area (Å²) in [5.41, 5.74) is 8.70. The Hall–Kier alpha value is -1.16. The number of benzene rings is 1. The molecule has 4 heteroatoms. The lowest BCUT2D eigenvalue weighted by atomic mass is 10.1. The van der Waals surface area contributed by atoms with E-state index >= 15 is 0 Å². The van der Waals surface area contributed by atoms with Crippen LogP contribution in [0, 0.1) is 20.8 Å². The van der Waals surface area contributed by atoms with Gasteiger partial charge in [-0.05, 0) is 61.5 Å². The van der Waals surface area contributed by atoms with Gasteiger partial charge in [-0.3, -0.25) is 4.72 Å². The molecular weight excluding hydrogens is 196 g/mol. The van der Waals surface area contributed by atoms with E-state index < -0.39 is 6.03 Å². The predicted octanol–water partition coefficient (Wildman–Crippen LogP) is 2.29. The molecule has 0 aliphatic rings. The number of nitrogens with one attached hydrogen (secondary N) is 1. The Labute approximate surface area is 88.2 Å².